The van der Waals surface area contributed by atoms with Crippen molar-refractivity contribution in [3.8, 4) is 0 Å². The molecule has 0 saturated heterocycles. The molecule has 1 amide bonds. The van der Waals surface area contributed by atoms with E-state index in [4.69, 9.17) is 17.3 Å². The first-order valence-electron chi connectivity index (χ1n) is 6.58. The van der Waals surface area contributed by atoms with E-state index in [0.717, 1.165) is 23.7 Å². The van der Waals surface area contributed by atoms with Crippen LogP contribution in [0.2, 0.25) is 5.02 Å². The summed E-state index contributed by atoms with van der Waals surface area (Å²) in [6.07, 6.45) is 4.46. The van der Waals surface area contributed by atoms with Crippen LogP contribution in [0.3, 0.4) is 0 Å². The molecule has 104 valence electrons. The lowest BCUT2D eigenvalue weighted by molar-refractivity contribution is 0.0907. The fraction of sp³-hybridized carbons (Fsp3) is 0.500. The van der Waals surface area contributed by atoms with Gasteiger partial charge in [0, 0.05) is 15.5 Å². The topological polar surface area (TPSA) is 55.1 Å². The van der Waals surface area contributed by atoms with Crippen LogP contribution in [0.25, 0.3) is 0 Å². The average Bonchev–Trinajstić information content (AvgIpc) is 2.42. The molecule has 2 unspecified atom stereocenters. The molecule has 19 heavy (non-hydrogen) atoms. The van der Waals surface area contributed by atoms with E-state index in [1.807, 2.05) is 0 Å². The van der Waals surface area contributed by atoms with Crippen LogP contribution in [0.1, 0.15) is 36.0 Å². The van der Waals surface area contributed by atoms with Crippen molar-refractivity contribution in [2.75, 3.05) is 6.54 Å². The Morgan fingerprint density at radius 3 is 2.89 bits per heavy atom. The number of hydrogen-bond acceptors (Lipinski definition) is 2. The van der Waals surface area contributed by atoms with E-state index >= 15 is 0 Å². The maximum absolute atomic E-state index is 12.3. The first-order valence-corrected chi connectivity index (χ1v) is 7.75. The van der Waals surface area contributed by atoms with E-state index < -0.39 is 0 Å². The van der Waals surface area contributed by atoms with Gasteiger partial charge in [-0.1, -0.05) is 24.4 Å². The standard InChI is InChI=1S/C14H18BrClN2O/c15-12-6-5-10(16)7-11(12)14(19)18-13-4-2-1-3-9(13)8-17/h5-7,9,13H,1-4,8,17H2,(H,18,19). The third-order valence-electron chi connectivity index (χ3n) is 3.70. The molecular formula is C14H18BrClN2O. The minimum absolute atomic E-state index is 0.0836. The summed E-state index contributed by atoms with van der Waals surface area (Å²) in [5.41, 5.74) is 6.36. The lowest BCUT2D eigenvalue weighted by atomic mass is 9.84. The molecule has 0 bridgehead atoms. The Kier molecular flexibility index (Phi) is 5.25. The minimum Gasteiger partial charge on any atom is -0.349 e. The van der Waals surface area contributed by atoms with Crippen molar-refractivity contribution >= 4 is 33.4 Å². The van der Waals surface area contributed by atoms with Crippen molar-refractivity contribution in [1.29, 1.82) is 0 Å². The largest absolute Gasteiger partial charge is 0.349 e. The van der Waals surface area contributed by atoms with Crippen LogP contribution in [-0.4, -0.2) is 18.5 Å². The van der Waals surface area contributed by atoms with Crippen molar-refractivity contribution < 1.29 is 4.79 Å². The van der Waals surface area contributed by atoms with Gasteiger partial charge in [0.05, 0.1) is 5.56 Å². The number of carbonyl (C=O) groups is 1. The van der Waals surface area contributed by atoms with Gasteiger partial charge >= 0.3 is 0 Å². The Balaban J connectivity index is 2.09. The van der Waals surface area contributed by atoms with Gasteiger partial charge in [0.15, 0.2) is 0 Å². The predicted molar refractivity (Wildman–Crippen MR) is 81.4 cm³/mol. The van der Waals surface area contributed by atoms with Crippen molar-refractivity contribution in [3.63, 3.8) is 0 Å². The second-order valence-electron chi connectivity index (χ2n) is 4.98. The zero-order valence-corrected chi connectivity index (χ0v) is 13.0. The van der Waals surface area contributed by atoms with Crippen molar-refractivity contribution in [2.24, 2.45) is 11.7 Å². The van der Waals surface area contributed by atoms with Gasteiger partial charge in [0.25, 0.3) is 5.91 Å². The molecule has 0 spiro atoms. The molecule has 1 aromatic carbocycles. The second-order valence-corrected chi connectivity index (χ2v) is 6.28. The monoisotopic (exact) mass is 344 g/mol. The van der Waals surface area contributed by atoms with Gasteiger partial charge in [-0.05, 0) is 59.4 Å². The summed E-state index contributed by atoms with van der Waals surface area (Å²) in [6.45, 7) is 0.627. The van der Waals surface area contributed by atoms with Crippen LogP contribution >= 0.6 is 27.5 Å². The molecule has 3 nitrogen and oxygen atoms in total. The maximum atomic E-state index is 12.3. The van der Waals surface area contributed by atoms with Crippen molar-refractivity contribution in [3.05, 3.63) is 33.3 Å². The SMILES string of the molecule is NCC1CCCCC1NC(=O)c1cc(Cl)ccc1Br. The summed E-state index contributed by atoms with van der Waals surface area (Å²) in [4.78, 5) is 12.3. The number of hydrogen-bond donors (Lipinski definition) is 2. The lowest BCUT2D eigenvalue weighted by Crippen LogP contribution is -2.44. The molecule has 1 aliphatic carbocycles. The van der Waals surface area contributed by atoms with E-state index in [-0.39, 0.29) is 11.9 Å². The first kappa shape index (κ1) is 14.8. The third kappa shape index (κ3) is 3.71. The summed E-state index contributed by atoms with van der Waals surface area (Å²) in [6, 6.07) is 5.41. The molecule has 0 aliphatic heterocycles. The Morgan fingerprint density at radius 2 is 2.16 bits per heavy atom. The molecule has 3 N–H and O–H groups in total. The fourth-order valence-corrected chi connectivity index (χ4v) is 3.20. The average molecular weight is 346 g/mol. The number of rotatable bonds is 3. The summed E-state index contributed by atoms with van der Waals surface area (Å²) in [7, 11) is 0. The van der Waals surface area contributed by atoms with E-state index in [1.54, 1.807) is 18.2 Å². The van der Waals surface area contributed by atoms with Gasteiger partial charge in [0.2, 0.25) is 0 Å². The number of benzene rings is 1. The highest BCUT2D eigenvalue weighted by atomic mass is 79.9. The molecule has 1 aliphatic rings. The van der Waals surface area contributed by atoms with E-state index in [1.165, 1.54) is 6.42 Å². The number of carbonyl (C=O) groups excluding carboxylic acids is 1. The van der Waals surface area contributed by atoms with Crippen LogP contribution in [0.5, 0.6) is 0 Å². The van der Waals surface area contributed by atoms with E-state index in [2.05, 4.69) is 21.2 Å². The molecule has 2 atom stereocenters. The van der Waals surface area contributed by atoms with Gasteiger partial charge in [-0.3, -0.25) is 4.79 Å². The zero-order chi connectivity index (χ0) is 13.8. The highest BCUT2D eigenvalue weighted by Gasteiger charge is 2.26. The second kappa shape index (κ2) is 6.73. The Bertz CT molecular complexity index is 467. The predicted octanol–water partition coefficient (Wildman–Crippen LogP) is 3.35. The van der Waals surface area contributed by atoms with Crippen LogP contribution in [0, 0.1) is 5.92 Å². The highest BCUT2D eigenvalue weighted by Crippen LogP contribution is 2.25. The normalized spacial score (nSPS) is 23.1. The Morgan fingerprint density at radius 1 is 1.42 bits per heavy atom. The lowest BCUT2D eigenvalue weighted by Gasteiger charge is -2.31. The van der Waals surface area contributed by atoms with Gasteiger partial charge in [-0.25, -0.2) is 0 Å². The highest BCUT2D eigenvalue weighted by molar-refractivity contribution is 9.10. The molecule has 0 aromatic heterocycles. The summed E-state index contributed by atoms with van der Waals surface area (Å²) < 4.78 is 0.759. The molecule has 0 radical (unpaired) electrons. The third-order valence-corrected chi connectivity index (χ3v) is 4.63. The van der Waals surface area contributed by atoms with Crippen LogP contribution in [0.15, 0.2) is 22.7 Å². The number of amides is 1. The molecule has 0 heterocycles. The van der Waals surface area contributed by atoms with Gasteiger partial charge in [0.1, 0.15) is 0 Å². The summed E-state index contributed by atoms with van der Waals surface area (Å²) in [5.74, 6) is 0.301. The van der Waals surface area contributed by atoms with Crippen molar-refractivity contribution in [1.82, 2.24) is 5.32 Å². The van der Waals surface area contributed by atoms with Crippen LogP contribution < -0.4 is 11.1 Å². The molecule has 1 fully saturated rings. The van der Waals surface area contributed by atoms with E-state index in [9.17, 15) is 4.79 Å². The maximum Gasteiger partial charge on any atom is 0.252 e. The molecule has 1 saturated carbocycles. The quantitative estimate of drug-likeness (QED) is 0.882. The smallest absolute Gasteiger partial charge is 0.252 e. The van der Waals surface area contributed by atoms with Gasteiger partial charge < -0.3 is 11.1 Å². The van der Waals surface area contributed by atoms with Crippen LogP contribution in [-0.2, 0) is 0 Å². The Labute approximate surface area is 127 Å². The van der Waals surface area contributed by atoms with E-state index in [0.29, 0.717) is 23.0 Å². The van der Waals surface area contributed by atoms with Gasteiger partial charge in [-0.2, -0.15) is 0 Å². The number of halogens is 2. The van der Waals surface area contributed by atoms with Gasteiger partial charge in [-0.15, -0.1) is 0 Å². The molecule has 2 rings (SSSR count). The molecular weight excluding hydrogens is 328 g/mol. The van der Waals surface area contributed by atoms with Crippen molar-refractivity contribution in [2.45, 2.75) is 31.7 Å². The Hall–Kier alpha value is -0.580. The number of nitrogens with one attached hydrogen (secondary N) is 1. The molecule has 5 heteroatoms. The first-order chi connectivity index (χ1) is 9.11. The summed E-state index contributed by atoms with van der Waals surface area (Å²) >= 11 is 9.32. The fourth-order valence-electron chi connectivity index (χ4n) is 2.60. The summed E-state index contributed by atoms with van der Waals surface area (Å²) in [5, 5.41) is 3.66. The van der Waals surface area contributed by atoms with Crippen LogP contribution in [0.4, 0.5) is 0 Å². The zero-order valence-electron chi connectivity index (χ0n) is 10.7. The molecule has 1 aromatic rings. The minimum atomic E-state index is -0.0836. The number of nitrogens with two attached hydrogens (primary N) is 1.